The highest BCUT2D eigenvalue weighted by Gasteiger charge is 2.26. The summed E-state index contributed by atoms with van der Waals surface area (Å²) in [4.78, 5) is 25.5. The molecule has 6 nitrogen and oxygen atoms in total. The number of ether oxygens (including phenoxy) is 1. The van der Waals surface area contributed by atoms with Crippen LogP contribution in [0.4, 0.5) is 4.79 Å². The Morgan fingerprint density at radius 2 is 1.72 bits per heavy atom. The fourth-order valence-corrected chi connectivity index (χ4v) is 2.98. The van der Waals surface area contributed by atoms with Crippen LogP contribution in [0.3, 0.4) is 0 Å². The number of carboxylic acids is 1. The maximum absolute atomic E-state index is 12.6. The summed E-state index contributed by atoms with van der Waals surface area (Å²) in [6, 6.07) is 14.1. The summed E-state index contributed by atoms with van der Waals surface area (Å²) < 4.78 is 5.12. The first-order valence-corrected chi connectivity index (χ1v) is 8.05. The van der Waals surface area contributed by atoms with Crippen LogP contribution in [0.2, 0.25) is 0 Å². The maximum Gasteiger partial charge on any atom is 0.318 e. The lowest BCUT2D eigenvalue weighted by Crippen LogP contribution is -2.39. The number of amides is 2. The molecule has 0 radical (unpaired) electrons. The Bertz CT molecular complexity index is 748. The van der Waals surface area contributed by atoms with Crippen LogP contribution in [0.5, 0.6) is 5.75 Å². The van der Waals surface area contributed by atoms with Crippen LogP contribution in [-0.4, -0.2) is 29.1 Å². The van der Waals surface area contributed by atoms with Crippen LogP contribution >= 0.6 is 0 Å². The number of fused-ring (bicyclic) bond motifs is 1. The van der Waals surface area contributed by atoms with E-state index in [1.54, 1.807) is 36.3 Å². The number of rotatable bonds is 5. The number of carbonyl (C=O) groups excluding carboxylic acids is 1. The minimum Gasteiger partial charge on any atom is -0.497 e. The van der Waals surface area contributed by atoms with Gasteiger partial charge in [-0.2, -0.15) is 0 Å². The molecule has 0 spiro atoms. The molecule has 25 heavy (non-hydrogen) atoms. The molecule has 1 atom stereocenters. The molecule has 0 aromatic heterocycles. The molecule has 2 N–H and O–H groups in total. The summed E-state index contributed by atoms with van der Waals surface area (Å²) in [5, 5.41) is 12.0. The summed E-state index contributed by atoms with van der Waals surface area (Å²) in [6.07, 6.45) is -0.182. The van der Waals surface area contributed by atoms with Crippen molar-refractivity contribution < 1.29 is 19.4 Å². The standard InChI is InChI=1S/C19H20N2O4/c1-25-16-8-6-13(7-9-16)17(10-18(22)23)20-19(24)21-11-14-4-2-3-5-15(14)12-21/h2-9,17H,10-12H2,1H3,(H,20,24)(H,22,23). The van der Waals surface area contributed by atoms with E-state index in [0.29, 0.717) is 18.8 Å². The second-order valence-corrected chi connectivity index (χ2v) is 6.00. The molecule has 1 aliphatic rings. The van der Waals surface area contributed by atoms with Crippen LogP contribution < -0.4 is 10.1 Å². The summed E-state index contributed by atoms with van der Waals surface area (Å²) in [5.74, 6) is -0.287. The topological polar surface area (TPSA) is 78.9 Å². The minimum absolute atomic E-state index is 0.182. The fraction of sp³-hybridized carbons (Fsp3) is 0.263. The SMILES string of the molecule is COc1ccc(C(CC(=O)O)NC(=O)N2Cc3ccccc3C2)cc1. The number of benzene rings is 2. The first-order valence-electron chi connectivity index (χ1n) is 8.05. The molecule has 0 saturated carbocycles. The van der Waals surface area contributed by atoms with E-state index in [1.807, 2.05) is 24.3 Å². The lowest BCUT2D eigenvalue weighted by molar-refractivity contribution is -0.137. The lowest BCUT2D eigenvalue weighted by atomic mass is 10.0. The lowest BCUT2D eigenvalue weighted by Gasteiger charge is -2.22. The van der Waals surface area contributed by atoms with Crippen molar-refractivity contribution in [2.45, 2.75) is 25.6 Å². The zero-order valence-corrected chi connectivity index (χ0v) is 13.9. The third kappa shape index (κ3) is 3.91. The molecule has 0 bridgehead atoms. The molecule has 2 amide bonds. The van der Waals surface area contributed by atoms with Gasteiger partial charge in [0.15, 0.2) is 0 Å². The summed E-state index contributed by atoms with van der Waals surface area (Å²) in [6.45, 7) is 1.06. The van der Waals surface area contributed by atoms with E-state index in [1.165, 1.54) is 0 Å². The summed E-state index contributed by atoms with van der Waals surface area (Å²) in [7, 11) is 1.57. The number of urea groups is 1. The van der Waals surface area contributed by atoms with Gasteiger partial charge in [0.05, 0.1) is 19.6 Å². The average molecular weight is 340 g/mol. The van der Waals surface area contributed by atoms with Gasteiger partial charge in [-0.15, -0.1) is 0 Å². The van der Waals surface area contributed by atoms with Crippen molar-refractivity contribution in [3.63, 3.8) is 0 Å². The smallest absolute Gasteiger partial charge is 0.318 e. The third-order valence-corrected chi connectivity index (χ3v) is 4.32. The van der Waals surface area contributed by atoms with Crippen LogP contribution in [0.1, 0.15) is 29.2 Å². The van der Waals surface area contributed by atoms with Crippen molar-refractivity contribution in [2.24, 2.45) is 0 Å². The predicted octanol–water partition coefficient (Wildman–Crippen LogP) is 2.94. The first kappa shape index (κ1) is 16.8. The molecular formula is C19H20N2O4. The zero-order chi connectivity index (χ0) is 17.8. The van der Waals surface area contributed by atoms with Gasteiger partial charge in [0, 0.05) is 13.1 Å². The number of hydrogen-bond donors (Lipinski definition) is 2. The molecule has 3 rings (SSSR count). The average Bonchev–Trinajstić information content (AvgIpc) is 3.05. The highest BCUT2D eigenvalue weighted by molar-refractivity contribution is 5.77. The molecule has 2 aromatic carbocycles. The van der Waals surface area contributed by atoms with Crippen molar-refractivity contribution in [3.8, 4) is 5.75 Å². The Kier molecular flexibility index (Phi) is 4.88. The second-order valence-electron chi connectivity index (χ2n) is 6.00. The molecular weight excluding hydrogens is 320 g/mol. The molecule has 0 fully saturated rings. The van der Waals surface area contributed by atoms with E-state index in [-0.39, 0.29) is 12.5 Å². The largest absolute Gasteiger partial charge is 0.497 e. The van der Waals surface area contributed by atoms with Gasteiger partial charge in [0.2, 0.25) is 0 Å². The van der Waals surface area contributed by atoms with E-state index in [0.717, 1.165) is 16.7 Å². The normalized spacial score (nSPS) is 13.9. The highest BCUT2D eigenvalue weighted by Crippen LogP contribution is 2.24. The molecule has 6 heteroatoms. The zero-order valence-electron chi connectivity index (χ0n) is 13.9. The van der Waals surface area contributed by atoms with Crippen molar-refractivity contribution in [2.75, 3.05) is 7.11 Å². The van der Waals surface area contributed by atoms with E-state index >= 15 is 0 Å². The van der Waals surface area contributed by atoms with Gasteiger partial charge in [-0.3, -0.25) is 4.79 Å². The maximum atomic E-state index is 12.6. The Balaban J connectivity index is 1.72. The predicted molar refractivity (Wildman–Crippen MR) is 92.2 cm³/mol. The minimum atomic E-state index is -0.967. The van der Waals surface area contributed by atoms with Gasteiger partial charge < -0.3 is 20.1 Å². The number of carbonyl (C=O) groups is 2. The molecule has 0 saturated heterocycles. The van der Waals surface area contributed by atoms with E-state index in [2.05, 4.69) is 5.32 Å². The Labute approximate surface area is 146 Å². The van der Waals surface area contributed by atoms with Gasteiger partial charge in [-0.25, -0.2) is 4.79 Å². The van der Waals surface area contributed by atoms with Crippen LogP contribution in [0.15, 0.2) is 48.5 Å². The highest BCUT2D eigenvalue weighted by atomic mass is 16.5. The number of nitrogens with one attached hydrogen (secondary N) is 1. The first-order chi connectivity index (χ1) is 12.1. The van der Waals surface area contributed by atoms with E-state index in [4.69, 9.17) is 4.74 Å². The van der Waals surface area contributed by atoms with Gasteiger partial charge in [0.25, 0.3) is 0 Å². The number of aliphatic carboxylic acids is 1. The van der Waals surface area contributed by atoms with Crippen LogP contribution in [-0.2, 0) is 17.9 Å². The van der Waals surface area contributed by atoms with Crippen molar-refractivity contribution in [1.82, 2.24) is 10.2 Å². The second kappa shape index (κ2) is 7.25. The molecule has 1 heterocycles. The molecule has 2 aromatic rings. The number of hydrogen-bond acceptors (Lipinski definition) is 3. The third-order valence-electron chi connectivity index (χ3n) is 4.32. The van der Waals surface area contributed by atoms with E-state index < -0.39 is 12.0 Å². The van der Waals surface area contributed by atoms with Crippen LogP contribution in [0.25, 0.3) is 0 Å². The van der Waals surface area contributed by atoms with Crippen molar-refractivity contribution in [3.05, 3.63) is 65.2 Å². The fourth-order valence-electron chi connectivity index (χ4n) is 2.98. The Morgan fingerprint density at radius 1 is 1.12 bits per heavy atom. The van der Waals surface area contributed by atoms with E-state index in [9.17, 15) is 14.7 Å². The monoisotopic (exact) mass is 340 g/mol. The molecule has 130 valence electrons. The van der Waals surface area contributed by atoms with Gasteiger partial charge in [-0.05, 0) is 28.8 Å². The number of carboxylic acid groups (broad SMARTS) is 1. The number of nitrogens with zero attached hydrogens (tertiary/aromatic N) is 1. The summed E-state index contributed by atoms with van der Waals surface area (Å²) in [5.41, 5.74) is 2.97. The van der Waals surface area contributed by atoms with Gasteiger partial charge >= 0.3 is 12.0 Å². The van der Waals surface area contributed by atoms with Crippen LogP contribution in [0, 0.1) is 0 Å². The summed E-state index contributed by atoms with van der Waals surface area (Å²) >= 11 is 0. The van der Waals surface area contributed by atoms with Gasteiger partial charge in [0.1, 0.15) is 5.75 Å². The van der Waals surface area contributed by atoms with Crippen molar-refractivity contribution in [1.29, 1.82) is 0 Å². The van der Waals surface area contributed by atoms with Crippen molar-refractivity contribution >= 4 is 12.0 Å². The molecule has 1 unspecified atom stereocenters. The quantitative estimate of drug-likeness (QED) is 0.877. The van der Waals surface area contributed by atoms with Gasteiger partial charge in [-0.1, -0.05) is 36.4 Å². The molecule has 1 aliphatic heterocycles. The Morgan fingerprint density at radius 3 is 2.24 bits per heavy atom. The Hall–Kier alpha value is -3.02. The molecule has 0 aliphatic carbocycles. The number of methoxy groups -OCH3 is 1.